The van der Waals surface area contributed by atoms with Crippen molar-refractivity contribution in [1.29, 1.82) is 0 Å². The molecule has 1 unspecified atom stereocenters. The first-order chi connectivity index (χ1) is 8.65. The first-order valence-electron chi connectivity index (χ1n) is 6.55. The molecule has 18 heavy (non-hydrogen) atoms. The summed E-state index contributed by atoms with van der Waals surface area (Å²) in [5.74, 6) is 2.89. The normalized spacial score (nSPS) is 16.6. The summed E-state index contributed by atoms with van der Waals surface area (Å²) in [6, 6.07) is 2.13. The zero-order chi connectivity index (χ0) is 13.1. The molecule has 5 nitrogen and oxygen atoms in total. The van der Waals surface area contributed by atoms with E-state index < -0.39 is 0 Å². The van der Waals surface area contributed by atoms with Crippen LogP contribution in [0.15, 0.2) is 6.07 Å². The second-order valence-corrected chi connectivity index (χ2v) is 4.87. The van der Waals surface area contributed by atoms with Gasteiger partial charge in [0, 0.05) is 25.6 Å². The maximum atomic E-state index is 5.88. The lowest BCUT2D eigenvalue weighted by molar-refractivity contribution is 0.181. The standard InChI is InChI=1S/C13H22N4O/c1-4-17(9(2)8-18-3)12-7-11(14)15-13(16-12)10-5-6-10/h7,9-10H,4-6,8H2,1-3H3,(H2,14,15,16). The van der Waals surface area contributed by atoms with Crippen molar-refractivity contribution in [2.75, 3.05) is 30.9 Å². The Morgan fingerprint density at radius 1 is 1.50 bits per heavy atom. The average molecular weight is 250 g/mol. The molecule has 0 saturated heterocycles. The summed E-state index contributed by atoms with van der Waals surface area (Å²) in [6.07, 6.45) is 2.37. The molecule has 1 aliphatic carbocycles. The van der Waals surface area contributed by atoms with Crippen LogP contribution in [0.4, 0.5) is 11.6 Å². The van der Waals surface area contributed by atoms with Gasteiger partial charge in [-0.25, -0.2) is 9.97 Å². The van der Waals surface area contributed by atoms with E-state index in [1.165, 1.54) is 12.8 Å². The number of ether oxygens (including phenoxy) is 1. The second-order valence-electron chi connectivity index (χ2n) is 4.87. The van der Waals surface area contributed by atoms with Crippen LogP contribution in [0, 0.1) is 0 Å². The zero-order valence-corrected chi connectivity index (χ0v) is 11.4. The minimum atomic E-state index is 0.279. The summed E-state index contributed by atoms with van der Waals surface area (Å²) in [6.45, 7) is 5.80. The summed E-state index contributed by atoms with van der Waals surface area (Å²) in [5, 5.41) is 0. The van der Waals surface area contributed by atoms with E-state index in [1.54, 1.807) is 7.11 Å². The Hall–Kier alpha value is -1.36. The molecule has 1 heterocycles. The molecule has 2 N–H and O–H groups in total. The van der Waals surface area contributed by atoms with Crippen LogP contribution in [0.5, 0.6) is 0 Å². The van der Waals surface area contributed by atoms with Gasteiger partial charge in [-0.2, -0.15) is 0 Å². The van der Waals surface area contributed by atoms with Crippen LogP contribution in [0.25, 0.3) is 0 Å². The first-order valence-corrected chi connectivity index (χ1v) is 6.55. The van der Waals surface area contributed by atoms with Crippen LogP contribution in [0.2, 0.25) is 0 Å². The number of hydrogen-bond donors (Lipinski definition) is 1. The Kier molecular flexibility index (Phi) is 4.01. The topological polar surface area (TPSA) is 64.3 Å². The fourth-order valence-corrected chi connectivity index (χ4v) is 2.17. The van der Waals surface area contributed by atoms with E-state index in [0.29, 0.717) is 18.3 Å². The number of nitrogens with two attached hydrogens (primary N) is 1. The second kappa shape index (κ2) is 5.52. The quantitative estimate of drug-likeness (QED) is 0.834. The van der Waals surface area contributed by atoms with Gasteiger partial charge in [0.15, 0.2) is 0 Å². The lowest BCUT2D eigenvalue weighted by Crippen LogP contribution is -2.37. The van der Waals surface area contributed by atoms with Crippen LogP contribution in [0.1, 0.15) is 38.4 Å². The molecule has 100 valence electrons. The van der Waals surface area contributed by atoms with Crippen molar-refractivity contribution in [2.45, 2.75) is 38.6 Å². The molecule has 1 aliphatic rings. The molecule has 2 rings (SSSR count). The predicted molar refractivity (Wildman–Crippen MR) is 72.8 cm³/mol. The lowest BCUT2D eigenvalue weighted by Gasteiger charge is -2.29. The number of rotatable bonds is 6. The molecular formula is C13H22N4O. The van der Waals surface area contributed by atoms with Gasteiger partial charge < -0.3 is 15.4 Å². The third kappa shape index (κ3) is 2.90. The van der Waals surface area contributed by atoms with Crippen LogP contribution < -0.4 is 10.6 Å². The number of methoxy groups -OCH3 is 1. The summed E-state index contributed by atoms with van der Waals surface area (Å²) < 4.78 is 5.21. The highest BCUT2D eigenvalue weighted by Crippen LogP contribution is 2.39. The fourth-order valence-electron chi connectivity index (χ4n) is 2.17. The van der Waals surface area contributed by atoms with E-state index in [2.05, 4.69) is 28.7 Å². The molecule has 1 fully saturated rings. The monoisotopic (exact) mass is 250 g/mol. The minimum absolute atomic E-state index is 0.279. The van der Waals surface area contributed by atoms with Gasteiger partial charge in [-0.05, 0) is 26.7 Å². The molecule has 0 aliphatic heterocycles. The first kappa shape index (κ1) is 13.1. The van der Waals surface area contributed by atoms with Crippen LogP contribution >= 0.6 is 0 Å². The number of nitrogen functional groups attached to an aromatic ring is 1. The summed E-state index contributed by atoms with van der Waals surface area (Å²) in [7, 11) is 1.72. The van der Waals surface area contributed by atoms with E-state index in [0.717, 1.165) is 18.2 Å². The zero-order valence-electron chi connectivity index (χ0n) is 11.4. The SMILES string of the molecule is CCN(c1cc(N)nc(C2CC2)n1)C(C)COC. The Morgan fingerprint density at radius 3 is 2.78 bits per heavy atom. The van der Waals surface area contributed by atoms with E-state index in [-0.39, 0.29) is 6.04 Å². The molecule has 0 amide bonds. The van der Waals surface area contributed by atoms with Crippen LogP contribution in [-0.4, -0.2) is 36.3 Å². The number of likely N-dealkylation sites (N-methyl/N-ethyl adjacent to an activating group) is 1. The average Bonchev–Trinajstić information content (AvgIpc) is 3.13. The highest BCUT2D eigenvalue weighted by molar-refractivity contribution is 5.48. The third-order valence-corrected chi connectivity index (χ3v) is 3.27. The Morgan fingerprint density at radius 2 is 2.22 bits per heavy atom. The van der Waals surface area contributed by atoms with Gasteiger partial charge in [0.25, 0.3) is 0 Å². The maximum absolute atomic E-state index is 5.88. The van der Waals surface area contributed by atoms with E-state index in [9.17, 15) is 0 Å². The Bertz CT molecular complexity index is 406. The molecule has 1 saturated carbocycles. The molecule has 1 aromatic heterocycles. The van der Waals surface area contributed by atoms with Crippen molar-refractivity contribution < 1.29 is 4.74 Å². The molecule has 1 aromatic rings. The number of aromatic nitrogens is 2. The van der Waals surface area contributed by atoms with Gasteiger partial charge in [0.2, 0.25) is 0 Å². The number of nitrogens with zero attached hydrogens (tertiary/aromatic N) is 3. The van der Waals surface area contributed by atoms with Crippen LogP contribution in [0.3, 0.4) is 0 Å². The van der Waals surface area contributed by atoms with Crippen molar-refractivity contribution in [3.8, 4) is 0 Å². The van der Waals surface area contributed by atoms with Crippen molar-refractivity contribution in [3.05, 3.63) is 11.9 Å². The fraction of sp³-hybridized carbons (Fsp3) is 0.692. The van der Waals surface area contributed by atoms with Gasteiger partial charge in [-0.1, -0.05) is 0 Å². The van der Waals surface area contributed by atoms with E-state index >= 15 is 0 Å². The summed E-state index contributed by atoms with van der Waals surface area (Å²) in [4.78, 5) is 11.2. The van der Waals surface area contributed by atoms with Crippen molar-refractivity contribution >= 4 is 11.6 Å². The summed E-state index contributed by atoms with van der Waals surface area (Å²) >= 11 is 0. The number of anilines is 2. The Balaban J connectivity index is 2.23. The van der Waals surface area contributed by atoms with Gasteiger partial charge >= 0.3 is 0 Å². The molecule has 0 bridgehead atoms. The van der Waals surface area contributed by atoms with Crippen molar-refractivity contribution in [1.82, 2.24) is 9.97 Å². The predicted octanol–water partition coefficient (Wildman–Crippen LogP) is 1.80. The van der Waals surface area contributed by atoms with Gasteiger partial charge in [0.05, 0.1) is 12.6 Å². The smallest absolute Gasteiger partial charge is 0.136 e. The minimum Gasteiger partial charge on any atom is -0.384 e. The molecular weight excluding hydrogens is 228 g/mol. The summed E-state index contributed by atoms with van der Waals surface area (Å²) in [5.41, 5.74) is 5.88. The van der Waals surface area contributed by atoms with Crippen LogP contribution in [-0.2, 0) is 4.74 Å². The van der Waals surface area contributed by atoms with Gasteiger partial charge in [0.1, 0.15) is 17.5 Å². The van der Waals surface area contributed by atoms with Crippen molar-refractivity contribution in [3.63, 3.8) is 0 Å². The Labute approximate surface area is 108 Å². The highest BCUT2D eigenvalue weighted by atomic mass is 16.5. The largest absolute Gasteiger partial charge is 0.384 e. The molecule has 0 aromatic carbocycles. The van der Waals surface area contributed by atoms with E-state index in [1.807, 2.05) is 6.07 Å². The van der Waals surface area contributed by atoms with Gasteiger partial charge in [-0.3, -0.25) is 0 Å². The number of hydrogen-bond acceptors (Lipinski definition) is 5. The lowest BCUT2D eigenvalue weighted by atomic mass is 10.3. The molecule has 0 radical (unpaired) electrons. The molecule has 0 spiro atoms. The third-order valence-electron chi connectivity index (χ3n) is 3.27. The highest BCUT2D eigenvalue weighted by Gasteiger charge is 2.28. The maximum Gasteiger partial charge on any atom is 0.136 e. The molecule has 5 heteroatoms. The van der Waals surface area contributed by atoms with E-state index in [4.69, 9.17) is 10.5 Å². The van der Waals surface area contributed by atoms with Crippen molar-refractivity contribution in [2.24, 2.45) is 0 Å². The molecule has 1 atom stereocenters. The van der Waals surface area contributed by atoms with Gasteiger partial charge in [-0.15, -0.1) is 0 Å².